The third kappa shape index (κ3) is 4.96. The van der Waals surface area contributed by atoms with Gasteiger partial charge in [0.15, 0.2) is 0 Å². The minimum Gasteiger partial charge on any atom is -0.458 e. The molecule has 2 amide bonds. The number of nitrogen functional groups attached to an aromatic ring is 1. The number of nitrogens with one attached hydrogen (secondary N) is 1. The zero-order valence-electron chi connectivity index (χ0n) is 21.1. The number of thiophene rings is 1. The number of amides is 2. The number of likely N-dealkylation sites (tertiary alicyclic amines) is 1. The average Bonchev–Trinajstić information content (AvgIpc) is 3.28. The molecule has 0 radical (unpaired) electrons. The van der Waals surface area contributed by atoms with E-state index in [4.69, 9.17) is 15.5 Å². The number of urea groups is 1. The second kappa shape index (κ2) is 10.5. The first-order chi connectivity index (χ1) is 18.5. The number of aryl methyl sites for hydroxylation is 1. The van der Waals surface area contributed by atoms with E-state index in [9.17, 15) is 9.59 Å². The number of hydrogen-bond donors (Lipinski definition) is 2. The fourth-order valence-corrected chi connectivity index (χ4v) is 6.42. The highest BCUT2D eigenvalue weighted by molar-refractivity contribution is 7.21. The Kier molecular flexibility index (Phi) is 6.72. The summed E-state index contributed by atoms with van der Waals surface area (Å²) < 4.78 is 5.84. The number of fused-ring (bicyclic) bond motifs is 2. The molecule has 0 bridgehead atoms. The number of para-hydroxylation sites is 1. The van der Waals surface area contributed by atoms with Crippen LogP contribution in [0.3, 0.4) is 0 Å². The number of anilines is 2. The molecular weight excluding hydrogens is 496 g/mol. The van der Waals surface area contributed by atoms with Gasteiger partial charge in [-0.25, -0.2) is 14.6 Å². The number of ether oxygens (including phenoxy) is 1. The summed E-state index contributed by atoms with van der Waals surface area (Å²) in [6, 6.07) is 21.9. The maximum absolute atomic E-state index is 13.1. The van der Waals surface area contributed by atoms with Crippen LogP contribution in [-0.2, 0) is 17.6 Å². The highest BCUT2D eigenvalue weighted by Crippen LogP contribution is 2.38. The standard InChI is InChI=1S/C30H30N4O3S/c31-26-24-17-21-12-11-20(19-7-3-1-4-8-19)18-25(21)33-28(24)38-27(26)29(35)37-23-13-15-34(16-14-23)30(36)32-22-9-5-2-6-10-22/h1-10,17,20,23H,11-16,18,31H2,(H,32,36)/t20-/m1/s1. The number of nitrogens with two attached hydrogens (primary N) is 1. The van der Waals surface area contributed by atoms with Crippen molar-refractivity contribution >= 4 is 44.9 Å². The predicted molar refractivity (Wildman–Crippen MR) is 151 cm³/mol. The van der Waals surface area contributed by atoms with E-state index in [0.717, 1.165) is 40.9 Å². The van der Waals surface area contributed by atoms with Crippen molar-refractivity contribution in [1.29, 1.82) is 0 Å². The molecule has 8 heteroatoms. The van der Waals surface area contributed by atoms with Crippen LogP contribution < -0.4 is 11.1 Å². The lowest BCUT2D eigenvalue weighted by Gasteiger charge is -2.31. The molecule has 4 aromatic rings. The van der Waals surface area contributed by atoms with E-state index >= 15 is 0 Å². The van der Waals surface area contributed by atoms with Crippen LogP contribution in [0.1, 0.15) is 51.7 Å². The fraction of sp³-hybridized carbons (Fsp3) is 0.300. The molecule has 1 fully saturated rings. The Hall–Kier alpha value is -3.91. The molecular formula is C30H30N4O3S. The van der Waals surface area contributed by atoms with Gasteiger partial charge >= 0.3 is 12.0 Å². The van der Waals surface area contributed by atoms with Crippen molar-refractivity contribution in [2.75, 3.05) is 24.1 Å². The third-order valence-corrected chi connectivity index (χ3v) is 8.67. The second-order valence-electron chi connectivity index (χ2n) is 10.0. The average molecular weight is 527 g/mol. The molecule has 38 heavy (non-hydrogen) atoms. The second-order valence-corrected chi connectivity index (χ2v) is 11.0. The Bertz CT molecular complexity index is 1460. The van der Waals surface area contributed by atoms with E-state index in [-0.39, 0.29) is 12.1 Å². The van der Waals surface area contributed by atoms with E-state index in [2.05, 4.69) is 35.6 Å². The number of nitrogens with zero attached hydrogens (tertiary/aromatic N) is 2. The van der Waals surface area contributed by atoms with Crippen LogP contribution in [0.5, 0.6) is 0 Å². The number of esters is 1. The maximum atomic E-state index is 13.1. The first kappa shape index (κ1) is 24.4. The minimum atomic E-state index is -0.405. The van der Waals surface area contributed by atoms with Gasteiger partial charge in [0.25, 0.3) is 0 Å². The number of aromatic nitrogens is 1. The molecule has 0 saturated carbocycles. The summed E-state index contributed by atoms with van der Waals surface area (Å²) in [6.45, 7) is 1.05. The first-order valence-electron chi connectivity index (χ1n) is 13.1. The van der Waals surface area contributed by atoms with Crippen molar-refractivity contribution in [3.63, 3.8) is 0 Å². The lowest BCUT2D eigenvalue weighted by molar-refractivity contribution is 0.0164. The van der Waals surface area contributed by atoms with Crippen LogP contribution in [0.25, 0.3) is 10.2 Å². The molecule has 1 aliphatic carbocycles. The van der Waals surface area contributed by atoms with Gasteiger partial charge in [-0.15, -0.1) is 11.3 Å². The maximum Gasteiger partial charge on any atom is 0.350 e. The number of benzene rings is 2. The van der Waals surface area contributed by atoms with E-state index in [1.54, 1.807) is 4.90 Å². The topological polar surface area (TPSA) is 97.6 Å². The number of carbonyl (C=O) groups is 2. The quantitative estimate of drug-likeness (QED) is 0.318. The number of rotatable bonds is 4. The summed E-state index contributed by atoms with van der Waals surface area (Å²) in [5.74, 6) is 0.0499. The van der Waals surface area contributed by atoms with Crippen LogP contribution in [-0.4, -0.2) is 41.1 Å². The largest absolute Gasteiger partial charge is 0.458 e. The van der Waals surface area contributed by atoms with Gasteiger partial charge < -0.3 is 20.7 Å². The van der Waals surface area contributed by atoms with Crippen molar-refractivity contribution in [1.82, 2.24) is 9.88 Å². The SMILES string of the molecule is Nc1c(C(=O)OC2CCN(C(=O)Nc3ccccc3)CC2)sc2nc3c(cc12)CC[C@@H](c1ccccc1)C3. The van der Waals surface area contributed by atoms with Crippen molar-refractivity contribution < 1.29 is 14.3 Å². The van der Waals surface area contributed by atoms with Gasteiger partial charge in [-0.05, 0) is 54.5 Å². The van der Waals surface area contributed by atoms with E-state index in [1.165, 1.54) is 22.5 Å². The van der Waals surface area contributed by atoms with Gasteiger partial charge in [0.2, 0.25) is 0 Å². The molecule has 3 N–H and O–H groups in total. The van der Waals surface area contributed by atoms with Gasteiger partial charge in [-0.1, -0.05) is 48.5 Å². The van der Waals surface area contributed by atoms with Gasteiger partial charge in [-0.2, -0.15) is 0 Å². The summed E-state index contributed by atoms with van der Waals surface area (Å²) in [4.78, 5) is 33.6. The van der Waals surface area contributed by atoms with Crippen LogP contribution in [0.2, 0.25) is 0 Å². The predicted octanol–water partition coefficient (Wildman–Crippen LogP) is 6.00. The van der Waals surface area contributed by atoms with Gasteiger partial charge in [0.05, 0.1) is 5.69 Å². The number of piperidine rings is 1. The molecule has 0 spiro atoms. The van der Waals surface area contributed by atoms with E-state index in [0.29, 0.717) is 42.4 Å². The smallest absolute Gasteiger partial charge is 0.350 e. The molecule has 0 unspecified atom stereocenters. The highest BCUT2D eigenvalue weighted by Gasteiger charge is 2.29. The third-order valence-electron chi connectivity index (χ3n) is 7.58. The Balaban J connectivity index is 1.10. The molecule has 194 valence electrons. The summed E-state index contributed by atoms with van der Waals surface area (Å²) >= 11 is 1.31. The van der Waals surface area contributed by atoms with Crippen molar-refractivity contribution in [3.8, 4) is 0 Å². The van der Waals surface area contributed by atoms with Crippen LogP contribution in [0, 0.1) is 0 Å². The Labute approximate surface area is 225 Å². The van der Waals surface area contributed by atoms with Crippen LogP contribution in [0.15, 0.2) is 66.7 Å². The molecule has 1 saturated heterocycles. The number of hydrogen-bond acceptors (Lipinski definition) is 6. The highest BCUT2D eigenvalue weighted by atomic mass is 32.1. The van der Waals surface area contributed by atoms with Crippen LogP contribution >= 0.6 is 11.3 Å². The Morgan fingerprint density at radius 1 is 1.00 bits per heavy atom. The Morgan fingerprint density at radius 2 is 1.71 bits per heavy atom. The van der Waals surface area contributed by atoms with E-state index in [1.807, 2.05) is 36.4 Å². The van der Waals surface area contributed by atoms with E-state index < -0.39 is 5.97 Å². The fourth-order valence-electron chi connectivity index (χ4n) is 5.44. The summed E-state index contributed by atoms with van der Waals surface area (Å²) in [7, 11) is 0. The van der Waals surface area contributed by atoms with Crippen molar-refractivity contribution in [2.45, 2.75) is 44.1 Å². The summed E-state index contributed by atoms with van der Waals surface area (Å²) in [6.07, 6.45) is 3.84. The van der Waals surface area contributed by atoms with Crippen LogP contribution in [0.4, 0.5) is 16.2 Å². The summed E-state index contributed by atoms with van der Waals surface area (Å²) in [5.41, 5.74) is 11.3. The van der Waals surface area contributed by atoms with Gasteiger partial charge in [0.1, 0.15) is 15.8 Å². The van der Waals surface area contributed by atoms with Gasteiger partial charge in [0, 0.05) is 42.7 Å². The normalized spacial score (nSPS) is 17.7. The molecule has 2 aromatic heterocycles. The van der Waals surface area contributed by atoms with Gasteiger partial charge in [-0.3, -0.25) is 0 Å². The Morgan fingerprint density at radius 3 is 2.45 bits per heavy atom. The number of pyridine rings is 1. The minimum absolute atomic E-state index is 0.140. The molecule has 1 aliphatic heterocycles. The number of carbonyl (C=O) groups excluding carboxylic acids is 2. The molecule has 2 aromatic carbocycles. The first-order valence-corrected chi connectivity index (χ1v) is 13.9. The zero-order valence-corrected chi connectivity index (χ0v) is 21.9. The molecule has 2 aliphatic rings. The lowest BCUT2D eigenvalue weighted by atomic mass is 9.82. The van der Waals surface area contributed by atoms with Crippen molar-refractivity contribution in [2.24, 2.45) is 0 Å². The monoisotopic (exact) mass is 526 g/mol. The summed E-state index contributed by atoms with van der Waals surface area (Å²) in [5, 5.41) is 3.75. The molecule has 1 atom stereocenters. The van der Waals surface area contributed by atoms with Crippen molar-refractivity contribution in [3.05, 3.63) is 88.4 Å². The lowest BCUT2D eigenvalue weighted by Crippen LogP contribution is -2.43. The molecule has 7 nitrogen and oxygen atoms in total. The molecule has 6 rings (SSSR count). The zero-order chi connectivity index (χ0) is 26.1. The molecule has 3 heterocycles.